The highest BCUT2D eigenvalue weighted by atomic mass is 79.9. The Hall–Kier alpha value is -0.920. The quantitative estimate of drug-likeness (QED) is 0.843. The van der Waals surface area contributed by atoms with Crippen LogP contribution in [0.5, 0.6) is 0 Å². The molecular formula is C11H13BrN2O3S. The summed E-state index contributed by atoms with van der Waals surface area (Å²) in [6.07, 6.45) is -0.469. The number of nitrogens with zero attached hydrogens (tertiary/aromatic N) is 1. The molecule has 18 heavy (non-hydrogen) atoms. The normalized spacial score (nSPS) is 23.4. The predicted molar refractivity (Wildman–Crippen MR) is 71.4 cm³/mol. The number of nitrogens with two attached hydrogens (primary N) is 1. The van der Waals surface area contributed by atoms with Gasteiger partial charge < -0.3 is 15.7 Å². The molecule has 0 bridgehead atoms. The van der Waals surface area contributed by atoms with Crippen LogP contribution in [-0.4, -0.2) is 40.5 Å². The van der Waals surface area contributed by atoms with Gasteiger partial charge in [0.1, 0.15) is 6.04 Å². The average molecular weight is 333 g/mol. The van der Waals surface area contributed by atoms with Crippen molar-refractivity contribution >= 4 is 39.1 Å². The zero-order chi connectivity index (χ0) is 13.4. The number of carbonyl (C=O) groups is 2. The Kier molecular flexibility index (Phi) is 3.74. The Morgan fingerprint density at radius 2 is 2.28 bits per heavy atom. The molecule has 7 heteroatoms. The summed E-state index contributed by atoms with van der Waals surface area (Å²) in [4.78, 5) is 25.4. The fourth-order valence-electron chi connectivity index (χ4n) is 2.01. The van der Waals surface area contributed by atoms with Gasteiger partial charge >= 0.3 is 0 Å². The van der Waals surface area contributed by atoms with Gasteiger partial charge in [0.25, 0.3) is 5.91 Å². The van der Waals surface area contributed by atoms with E-state index in [-0.39, 0.29) is 18.9 Å². The lowest BCUT2D eigenvalue weighted by Crippen LogP contribution is -2.43. The number of aryl methyl sites for hydroxylation is 1. The van der Waals surface area contributed by atoms with Crippen molar-refractivity contribution in [1.82, 2.24) is 4.90 Å². The monoisotopic (exact) mass is 332 g/mol. The number of aliphatic hydroxyl groups is 1. The average Bonchev–Trinajstić information content (AvgIpc) is 2.82. The van der Waals surface area contributed by atoms with E-state index in [0.717, 1.165) is 9.35 Å². The fraction of sp³-hybridized carbons (Fsp3) is 0.455. The highest BCUT2D eigenvalue weighted by molar-refractivity contribution is 9.11. The SMILES string of the molecule is Cc1cc(C(=O)N2CC(O)CC2C(N)=O)sc1Br. The first-order valence-electron chi connectivity index (χ1n) is 5.44. The number of primary amides is 1. The lowest BCUT2D eigenvalue weighted by atomic mass is 10.2. The number of hydrogen-bond donors (Lipinski definition) is 2. The van der Waals surface area contributed by atoms with Crippen LogP contribution < -0.4 is 5.73 Å². The van der Waals surface area contributed by atoms with E-state index in [0.29, 0.717) is 4.88 Å². The topological polar surface area (TPSA) is 83.6 Å². The number of carbonyl (C=O) groups excluding carboxylic acids is 2. The van der Waals surface area contributed by atoms with E-state index in [1.54, 1.807) is 6.07 Å². The molecular weight excluding hydrogens is 320 g/mol. The second-order valence-corrected chi connectivity index (χ2v) is 6.70. The number of hydrogen-bond acceptors (Lipinski definition) is 4. The van der Waals surface area contributed by atoms with Crippen molar-refractivity contribution in [3.8, 4) is 0 Å². The van der Waals surface area contributed by atoms with Gasteiger partial charge in [0, 0.05) is 13.0 Å². The first kappa shape index (κ1) is 13.5. The Bertz CT molecular complexity index is 483. The fourth-order valence-corrected chi connectivity index (χ4v) is 3.51. The third-order valence-corrected chi connectivity index (χ3v) is 5.06. The van der Waals surface area contributed by atoms with Gasteiger partial charge in [-0.2, -0.15) is 0 Å². The van der Waals surface area contributed by atoms with Gasteiger partial charge in [0.15, 0.2) is 0 Å². The Morgan fingerprint density at radius 3 is 2.78 bits per heavy atom. The van der Waals surface area contributed by atoms with Crippen molar-refractivity contribution in [1.29, 1.82) is 0 Å². The van der Waals surface area contributed by atoms with E-state index < -0.39 is 18.1 Å². The Balaban J connectivity index is 2.25. The second-order valence-electron chi connectivity index (χ2n) is 4.33. The summed E-state index contributed by atoms with van der Waals surface area (Å²) < 4.78 is 0.890. The molecule has 2 atom stereocenters. The number of amides is 2. The van der Waals surface area contributed by atoms with Gasteiger partial charge in [-0.1, -0.05) is 0 Å². The van der Waals surface area contributed by atoms with Crippen LogP contribution in [0.3, 0.4) is 0 Å². The van der Waals surface area contributed by atoms with E-state index in [1.807, 2.05) is 6.92 Å². The summed E-state index contributed by atoms with van der Waals surface area (Å²) in [7, 11) is 0. The molecule has 5 nitrogen and oxygen atoms in total. The molecule has 2 heterocycles. The summed E-state index contributed by atoms with van der Waals surface area (Å²) >= 11 is 4.67. The standard InChI is InChI=1S/C11H13BrN2O3S/c1-5-2-8(18-9(5)12)11(17)14-4-6(15)3-7(14)10(13)16/h2,6-7,15H,3-4H2,1H3,(H2,13,16). The van der Waals surface area contributed by atoms with Gasteiger partial charge in [-0.25, -0.2) is 0 Å². The molecule has 2 unspecified atom stereocenters. The van der Waals surface area contributed by atoms with Gasteiger partial charge in [-0.3, -0.25) is 9.59 Å². The van der Waals surface area contributed by atoms with Crippen LogP contribution in [0, 0.1) is 6.92 Å². The minimum Gasteiger partial charge on any atom is -0.391 e. The number of rotatable bonds is 2. The maximum absolute atomic E-state index is 12.3. The highest BCUT2D eigenvalue weighted by Crippen LogP contribution is 2.30. The minimum atomic E-state index is -0.714. The predicted octanol–water partition coefficient (Wildman–Crippen LogP) is 0.880. The zero-order valence-electron chi connectivity index (χ0n) is 9.72. The second kappa shape index (κ2) is 4.99. The molecule has 1 aromatic heterocycles. The Labute approximate surface area is 117 Å². The van der Waals surface area contributed by atoms with Gasteiger partial charge in [-0.05, 0) is 34.5 Å². The molecule has 1 saturated heterocycles. The summed E-state index contributed by atoms with van der Waals surface area (Å²) in [5.41, 5.74) is 6.22. The van der Waals surface area contributed by atoms with Crippen LogP contribution in [0.15, 0.2) is 9.85 Å². The largest absolute Gasteiger partial charge is 0.391 e. The van der Waals surface area contributed by atoms with E-state index in [2.05, 4.69) is 15.9 Å². The molecule has 0 radical (unpaired) electrons. The van der Waals surface area contributed by atoms with Crippen LogP contribution in [0.25, 0.3) is 0 Å². The van der Waals surface area contributed by atoms with Crippen LogP contribution in [0.4, 0.5) is 0 Å². The lowest BCUT2D eigenvalue weighted by Gasteiger charge is -2.20. The molecule has 1 aliphatic heterocycles. The third-order valence-electron chi connectivity index (χ3n) is 2.94. The summed E-state index contributed by atoms with van der Waals surface area (Å²) in [6, 6.07) is 1.05. The molecule has 0 aliphatic carbocycles. The first-order valence-corrected chi connectivity index (χ1v) is 7.05. The molecule has 2 amide bonds. The van der Waals surface area contributed by atoms with Gasteiger partial charge in [0.05, 0.1) is 14.8 Å². The van der Waals surface area contributed by atoms with E-state index >= 15 is 0 Å². The van der Waals surface area contributed by atoms with Crippen molar-refractivity contribution in [2.45, 2.75) is 25.5 Å². The zero-order valence-corrected chi connectivity index (χ0v) is 12.1. The molecule has 98 valence electrons. The van der Waals surface area contributed by atoms with Crippen LogP contribution >= 0.6 is 27.3 Å². The lowest BCUT2D eigenvalue weighted by molar-refractivity contribution is -0.121. The first-order chi connectivity index (χ1) is 8.40. The number of thiophene rings is 1. The summed E-state index contributed by atoms with van der Waals surface area (Å²) in [5, 5.41) is 9.57. The van der Waals surface area contributed by atoms with E-state index in [4.69, 9.17) is 5.73 Å². The van der Waals surface area contributed by atoms with E-state index in [1.165, 1.54) is 16.2 Å². The molecule has 1 aliphatic rings. The smallest absolute Gasteiger partial charge is 0.264 e. The number of halogens is 1. The molecule has 0 spiro atoms. The molecule has 1 aromatic rings. The minimum absolute atomic E-state index is 0.154. The third kappa shape index (κ3) is 2.43. The summed E-state index contributed by atoms with van der Waals surface area (Å²) in [5.74, 6) is -0.832. The van der Waals surface area contributed by atoms with Gasteiger partial charge in [-0.15, -0.1) is 11.3 Å². The van der Waals surface area contributed by atoms with Crippen LogP contribution in [0.2, 0.25) is 0 Å². The molecule has 1 fully saturated rings. The van der Waals surface area contributed by atoms with Crippen molar-refractivity contribution in [2.24, 2.45) is 5.73 Å². The summed E-state index contributed by atoms with van der Waals surface area (Å²) in [6.45, 7) is 2.04. The van der Waals surface area contributed by atoms with Crippen molar-refractivity contribution in [2.75, 3.05) is 6.54 Å². The molecule has 3 N–H and O–H groups in total. The van der Waals surface area contributed by atoms with Crippen molar-refractivity contribution in [3.05, 3.63) is 20.3 Å². The number of β-amino-alcohol motifs (C(OH)–C–C–N with tert-alkyl or cyclic N) is 1. The van der Waals surface area contributed by atoms with Crippen molar-refractivity contribution < 1.29 is 14.7 Å². The Morgan fingerprint density at radius 1 is 1.61 bits per heavy atom. The molecule has 2 rings (SSSR count). The molecule has 0 aromatic carbocycles. The maximum Gasteiger partial charge on any atom is 0.264 e. The highest BCUT2D eigenvalue weighted by Gasteiger charge is 2.38. The van der Waals surface area contributed by atoms with Crippen LogP contribution in [0.1, 0.15) is 21.7 Å². The number of likely N-dealkylation sites (tertiary alicyclic amines) is 1. The van der Waals surface area contributed by atoms with Crippen LogP contribution in [-0.2, 0) is 4.79 Å². The number of aliphatic hydroxyl groups excluding tert-OH is 1. The van der Waals surface area contributed by atoms with E-state index in [9.17, 15) is 14.7 Å². The van der Waals surface area contributed by atoms with Crippen molar-refractivity contribution in [3.63, 3.8) is 0 Å². The maximum atomic E-state index is 12.3. The molecule has 0 saturated carbocycles. The van der Waals surface area contributed by atoms with Gasteiger partial charge in [0.2, 0.25) is 5.91 Å².